The maximum atomic E-state index is 4.50. The predicted octanol–water partition coefficient (Wildman–Crippen LogP) is 3.29. The molecule has 0 aliphatic rings. The molecule has 0 N–H and O–H groups in total. The van der Waals surface area contributed by atoms with Gasteiger partial charge in [-0.25, -0.2) is 0 Å². The van der Waals surface area contributed by atoms with Gasteiger partial charge in [0.15, 0.2) is 0 Å². The van der Waals surface area contributed by atoms with Crippen LogP contribution in [0.4, 0.5) is 0 Å². The maximum Gasteiger partial charge on any atom is 0 e. The number of hydrogen-bond donors (Lipinski definition) is 0. The van der Waals surface area contributed by atoms with Gasteiger partial charge in [0.2, 0.25) is 0 Å². The summed E-state index contributed by atoms with van der Waals surface area (Å²) >= 11 is 6.07. The van der Waals surface area contributed by atoms with E-state index in [-0.39, 0.29) is 20.4 Å². The van der Waals surface area contributed by atoms with Crippen LogP contribution in [0.3, 0.4) is 0 Å². The number of nitrogens with zero attached hydrogens (tertiary/aromatic N) is 2. The molecule has 0 amide bonds. The van der Waals surface area contributed by atoms with Crippen LogP contribution >= 0.6 is 0 Å². The summed E-state index contributed by atoms with van der Waals surface area (Å²) in [4.78, 5) is 9.01. The Kier molecular flexibility index (Phi) is 7.78. The van der Waals surface area contributed by atoms with Crippen LogP contribution in [0, 0.1) is 27.7 Å². The van der Waals surface area contributed by atoms with Crippen LogP contribution in [0.2, 0.25) is 0 Å². The molecule has 2 aromatic carbocycles. The number of rotatable bonds is 0. The third kappa shape index (κ3) is 5.07. The molecule has 0 unspecified atom stereocenters. The SMILES string of the molecule is Cc1cc(C)c2cccc([Se])c2n1.Cc1cc(C)c2cccc([Se])c2n1.[Pd]. The standard InChI is InChI=1S/2C11H10NSe.Pd/c2*1-7-6-8(2)12-11-9(7)4-3-5-10(11)13;/h2*3-6H,1-2H3;. The molecule has 0 bridgehead atoms. The van der Waals surface area contributed by atoms with Crippen molar-refractivity contribution < 1.29 is 20.4 Å². The van der Waals surface area contributed by atoms with Gasteiger partial charge in [0.05, 0.1) is 0 Å². The molecule has 0 aliphatic carbocycles. The van der Waals surface area contributed by atoms with E-state index in [0.29, 0.717) is 0 Å². The van der Waals surface area contributed by atoms with Gasteiger partial charge in [-0.1, -0.05) is 0 Å². The zero-order valence-electron chi connectivity index (χ0n) is 15.6. The minimum Gasteiger partial charge on any atom is 0 e. The topological polar surface area (TPSA) is 25.8 Å². The summed E-state index contributed by atoms with van der Waals surface area (Å²) in [6.45, 7) is 8.30. The maximum absolute atomic E-state index is 4.50. The molecule has 0 saturated carbocycles. The monoisotopic (exact) mass is 578 g/mol. The van der Waals surface area contributed by atoms with Crippen LogP contribution in [0.5, 0.6) is 0 Å². The van der Waals surface area contributed by atoms with Crippen molar-refractivity contribution >= 4 is 62.8 Å². The Morgan fingerprint density at radius 1 is 0.630 bits per heavy atom. The van der Waals surface area contributed by atoms with Gasteiger partial charge in [-0.2, -0.15) is 0 Å². The summed E-state index contributed by atoms with van der Waals surface area (Å²) in [5.41, 5.74) is 6.90. The molecule has 4 rings (SSSR count). The summed E-state index contributed by atoms with van der Waals surface area (Å²) in [5.74, 6) is 0. The van der Waals surface area contributed by atoms with E-state index in [1.165, 1.54) is 21.9 Å². The summed E-state index contributed by atoms with van der Waals surface area (Å²) in [5, 5.41) is 2.48. The number of aryl methyl sites for hydroxylation is 4. The van der Waals surface area contributed by atoms with Crippen molar-refractivity contribution in [3.63, 3.8) is 0 Å². The normalized spacial score (nSPS) is 10.2. The van der Waals surface area contributed by atoms with Crippen LogP contribution in [-0.4, -0.2) is 42.0 Å². The van der Waals surface area contributed by atoms with E-state index < -0.39 is 0 Å². The van der Waals surface area contributed by atoms with Gasteiger partial charge in [0.25, 0.3) is 0 Å². The van der Waals surface area contributed by atoms with Crippen LogP contribution in [0.1, 0.15) is 22.5 Å². The van der Waals surface area contributed by atoms with Gasteiger partial charge in [-0.05, 0) is 0 Å². The van der Waals surface area contributed by atoms with Crippen molar-refractivity contribution in [2.45, 2.75) is 27.7 Å². The van der Waals surface area contributed by atoms with E-state index in [0.717, 1.165) is 31.3 Å². The molecule has 4 aromatic rings. The van der Waals surface area contributed by atoms with Gasteiger partial charge in [-0.15, -0.1) is 0 Å². The second-order valence-electron chi connectivity index (χ2n) is 6.47. The molecule has 0 saturated heterocycles. The zero-order chi connectivity index (χ0) is 18.8. The summed E-state index contributed by atoms with van der Waals surface area (Å²) in [6.07, 6.45) is 0. The van der Waals surface area contributed by atoms with E-state index in [4.69, 9.17) is 0 Å². The Balaban J connectivity index is 0.000000187. The first-order valence-electron chi connectivity index (χ1n) is 8.45. The first-order chi connectivity index (χ1) is 12.4. The van der Waals surface area contributed by atoms with E-state index in [1.54, 1.807) is 0 Å². The Labute approximate surface area is 190 Å². The van der Waals surface area contributed by atoms with Crippen molar-refractivity contribution in [1.82, 2.24) is 9.97 Å². The van der Waals surface area contributed by atoms with E-state index in [9.17, 15) is 0 Å². The van der Waals surface area contributed by atoms with Gasteiger partial charge < -0.3 is 0 Å². The average molecular weight is 577 g/mol. The fraction of sp³-hybridized carbons (Fsp3) is 0.182. The van der Waals surface area contributed by atoms with E-state index in [1.807, 2.05) is 26.0 Å². The Bertz CT molecular complexity index is 1020. The molecule has 0 aliphatic heterocycles. The summed E-state index contributed by atoms with van der Waals surface area (Å²) in [7, 11) is 0. The number of para-hydroxylation sites is 2. The molecule has 2 nitrogen and oxygen atoms in total. The fourth-order valence-electron chi connectivity index (χ4n) is 3.11. The molecule has 0 atom stereocenters. The molecule has 0 spiro atoms. The number of benzene rings is 2. The number of pyridine rings is 2. The van der Waals surface area contributed by atoms with Crippen LogP contribution in [-0.2, 0) is 20.4 Å². The summed E-state index contributed by atoms with van der Waals surface area (Å²) in [6, 6.07) is 16.7. The molecule has 0 fully saturated rings. The van der Waals surface area contributed by atoms with Crippen LogP contribution in [0.15, 0.2) is 48.5 Å². The van der Waals surface area contributed by atoms with Crippen LogP contribution < -0.4 is 8.92 Å². The second-order valence-corrected chi connectivity index (χ2v) is 8.31. The van der Waals surface area contributed by atoms with E-state index >= 15 is 0 Å². The third-order valence-corrected chi connectivity index (χ3v) is 5.66. The molecule has 27 heavy (non-hydrogen) atoms. The van der Waals surface area contributed by atoms with Gasteiger partial charge in [0.1, 0.15) is 0 Å². The van der Waals surface area contributed by atoms with Crippen LogP contribution in [0.25, 0.3) is 21.8 Å². The molecule has 2 aromatic heterocycles. The van der Waals surface area contributed by atoms with Crippen molar-refractivity contribution in [1.29, 1.82) is 0 Å². The zero-order valence-corrected chi connectivity index (χ0v) is 20.6. The molecular weight excluding hydrogens is 557 g/mol. The number of aromatic nitrogens is 2. The largest absolute Gasteiger partial charge is 0 e. The molecular formula is C22H20N2PdSe2. The second kappa shape index (κ2) is 9.44. The Morgan fingerprint density at radius 2 is 1.00 bits per heavy atom. The summed E-state index contributed by atoms with van der Waals surface area (Å²) < 4.78 is 2.26. The minimum atomic E-state index is 0. The average Bonchev–Trinajstić information content (AvgIpc) is 2.57. The molecule has 2 radical (unpaired) electrons. The number of fused-ring (bicyclic) bond motifs is 2. The fourth-order valence-corrected chi connectivity index (χ4v) is 4.09. The Hall–Kier alpha value is -1.04. The first kappa shape index (κ1) is 22.3. The predicted molar refractivity (Wildman–Crippen MR) is 113 cm³/mol. The smallest absolute Gasteiger partial charge is 0 e. The van der Waals surface area contributed by atoms with Crippen molar-refractivity contribution in [2.24, 2.45) is 0 Å². The van der Waals surface area contributed by atoms with Gasteiger partial charge >= 0.3 is 171 Å². The minimum absolute atomic E-state index is 0. The quantitative estimate of drug-likeness (QED) is 0.301. The number of hydrogen-bond acceptors (Lipinski definition) is 2. The molecule has 2 heterocycles. The molecule has 140 valence electrons. The first-order valence-corrected chi connectivity index (χ1v) is 10.2. The van der Waals surface area contributed by atoms with Crippen molar-refractivity contribution in [2.75, 3.05) is 0 Å². The van der Waals surface area contributed by atoms with Crippen molar-refractivity contribution in [3.8, 4) is 0 Å². The Morgan fingerprint density at radius 3 is 1.37 bits per heavy atom. The third-order valence-electron chi connectivity index (χ3n) is 4.27. The van der Waals surface area contributed by atoms with Crippen molar-refractivity contribution in [3.05, 3.63) is 71.0 Å². The molecule has 5 heteroatoms. The van der Waals surface area contributed by atoms with E-state index in [2.05, 4.69) is 92.2 Å². The van der Waals surface area contributed by atoms with Gasteiger partial charge in [-0.3, -0.25) is 0 Å². The van der Waals surface area contributed by atoms with Gasteiger partial charge in [0, 0.05) is 20.4 Å².